The summed E-state index contributed by atoms with van der Waals surface area (Å²) in [5.41, 5.74) is 3.84. The minimum atomic E-state index is 0.707. The van der Waals surface area contributed by atoms with Crippen LogP contribution in [0.4, 0.5) is 0 Å². The van der Waals surface area contributed by atoms with E-state index in [-0.39, 0.29) is 0 Å². The summed E-state index contributed by atoms with van der Waals surface area (Å²) in [6, 6.07) is 5.77. The van der Waals surface area contributed by atoms with Gasteiger partial charge in [-0.1, -0.05) is 0 Å². The molecule has 3 rings (SSSR count). The summed E-state index contributed by atoms with van der Waals surface area (Å²) in [6.45, 7) is 3.96. The first-order valence-electron chi connectivity index (χ1n) is 6.17. The first-order chi connectivity index (χ1) is 9.74. The number of hydrogen-bond acceptors (Lipinski definition) is 5. The third-order valence-electron chi connectivity index (χ3n) is 2.84. The lowest BCUT2D eigenvalue weighted by Gasteiger charge is -2.03. The molecule has 0 aliphatic heterocycles. The molecule has 0 amide bonds. The van der Waals surface area contributed by atoms with Crippen molar-refractivity contribution >= 4 is 11.8 Å². The van der Waals surface area contributed by atoms with Crippen molar-refractivity contribution < 1.29 is 0 Å². The maximum absolute atomic E-state index is 4.57. The van der Waals surface area contributed by atoms with Gasteiger partial charge in [0.15, 0.2) is 5.16 Å². The summed E-state index contributed by atoms with van der Waals surface area (Å²) in [6.07, 6.45) is 5.31. The highest BCUT2D eigenvalue weighted by Gasteiger charge is 2.10. The number of hydrogen-bond donors (Lipinski definition) is 1. The molecule has 0 aliphatic rings. The molecular formula is C14H13N5S. The second-order valence-electron chi connectivity index (χ2n) is 4.33. The van der Waals surface area contributed by atoms with Crippen LogP contribution in [0.3, 0.4) is 0 Å². The van der Waals surface area contributed by atoms with Crippen LogP contribution in [0.1, 0.15) is 11.4 Å². The molecule has 0 radical (unpaired) electrons. The second-order valence-corrected chi connectivity index (χ2v) is 5.31. The quantitative estimate of drug-likeness (QED) is 0.748. The number of pyridine rings is 1. The van der Waals surface area contributed by atoms with Gasteiger partial charge in [0.05, 0.1) is 16.3 Å². The van der Waals surface area contributed by atoms with Crippen LogP contribution in [0.2, 0.25) is 0 Å². The minimum Gasteiger partial charge on any atom is -0.281 e. The first-order valence-corrected chi connectivity index (χ1v) is 6.98. The molecule has 100 valence electrons. The lowest BCUT2D eigenvalue weighted by molar-refractivity contribution is 0.969. The van der Waals surface area contributed by atoms with Crippen LogP contribution in [0.15, 0.2) is 46.8 Å². The zero-order chi connectivity index (χ0) is 13.9. The van der Waals surface area contributed by atoms with Gasteiger partial charge in [0.1, 0.15) is 0 Å². The van der Waals surface area contributed by atoms with Crippen molar-refractivity contribution in [3.05, 3.63) is 48.2 Å². The molecule has 1 N–H and O–H groups in total. The standard InChI is InChI=1S/C14H13N5S/c1-9-13(10(2)19-18-9)20-14-16-7-5-12(17-14)11-4-3-6-15-8-11/h3-8H,1-2H3,(H,18,19). The first kappa shape index (κ1) is 12.8. The summed E-state index contributed by atoms with van der Waals surface area (Å²) in [7, 11) is 0. The molecule has 0 fully saturated rings. The summed E-state index contributed by atoms with van der Waals surface area (Å²) in [5, 5.41) is 7.86. The number of nitrogens with zero attached hydrogens (tertiary/aromatic N) is 4. The molecule has 0 unspecified atom stereocenters. The monoisotopic (exact) mass is 283 g/mol. The Bertz CT molecular complexity index is 704. The molecule has 3 heterocycles. The number of rotatable bonds is 3. The van der Waals surface area contributed by atoms with Crippen LogP contribution in [0.5, 0.6) is 0 Å². The normalized spacial score (nSPS) is 10.7. The van der Waals surface area contributed by atoms with Crippen molar-refractivity contribution in [2.45, 2.75) is 23.9 Å². The smallest absolute Gasteiger partial charge is 0.193 e. The van der Waals surface area contributed by atoms with Gasteiger partial charge in [0, 0.05) is 29.8 Å². The molecule has 0 saturated carbocycles. The Morgan fingerprint density at radius 1 is 1.15 bits per heavy atom. The highest BCUT2D eigenvalue weighted by molar-refractivity contribution is 7.99. The van der Waals surface area contributed by atoms with Crippen LogP contribution in [0.25, 0.3) is 11.3 Å². The van der Waals surface area contributed by atoms with Crippen LogP contribution < -0.4 is 0 Å². The third kappa shape index (κ3) is 2.55. The molecule has 0 bridgehead atoms. The molecule has 0 aliphatic carbocycles. The molecule has 20 heavy (non-hydrogen) atoms. The molecule has 0 spiro atoms. The number of aromatic nitrogens is 5. The fourth-order valence-corrected chi connectivity index (χ4v) is 2.68. The van der Waals surface area contributed by atoms with E-state index in [0.29, 0.717) is 5.16 Å². The maximum Gasteiger partial charge on any atom is 0.193 e. The Morgan fingerprint density at radius 3 is 2.75 bits per heavy atom. The number of aryl methyl sites for hydroxylation is 2. The molecule has 3 aromatic heterocycles. The molecule has 0 saturated heterocycles. The van der Waals surface area contributed by atoms with Crippen LogP contribution >= 0.6 is 11.8 Å². The number of H-pyrrole nitrogens is 1. The highest BCUT2D eigenvalue weighted by atomic mass is 32.2. The summed E-state index contributed by atoms with van der Waals surface area (Å²) in [4.78, 5) is 14.1. The highest BCUT2D eigenvalue weighted by Crippen LogP contribution is 2.30. The van der Waals surface area contributed by atoms with E-state index < -0.39 is 0 Å². The largest absolute Gasteiger partial charge is 0.281 e. The molecular weight excluding hydrogens is 270 g/mol. The SMILES string of the molecule is Cc1n[nH]c(C)c1Sc1nccc(-c2cccnc2)n1. The summed E-state index contributed by atoms with van der Waals surface area (Å²) < 4.78 is 0. The van der Waals surface area contributed by atoms with Gasteiger partial charge in [-0.05, 0) is 43.8 Å². The van der Waals surface area contributed by atoms with Gasteiger partial charge < -0.3 is 0 Å². The van der Waals surface area contributed by atoms with Crippen molar-refractivity contribution in [1.82, 2.24) is 25.1 Å². The Kier molecular flexibility index (Phi) is 3.47. The number of aromatic amines is 1. The van der Waals surface area contributed by atoms with E-state index in [4.69, 9.17) is 0 Å². The van der Waals surface area contributed by atoms with Crippen LogP contribution in [-0.2, 0) is 0 Å². The molecule has 0 atom stereocenters. The molecule has 5 nitrogen and oxygen atoms in total. The number of nitrogens with one attached hydrogen (secondary N) is 1. The van der Waals surface area contributed by atoms with E-state index in [9.17, 15) is 0 Å². The van der Waals surface area contributed by atoms with E-state index in [0.717, 1.165) is 27.5 Å². The van der Waals surface area contributed by atoms with E-state index in [2.05, 4.69) is 25.1 Å². The van der Waals surface area contributed by atoms with Gasteiger partial charge >= 0.3 is 0 Å². The van der Waals surface area contributed by atoms with Crippen LogP contribution in [-0.4, -0.2) is 25.1 Å². The summed E-state index contributed by atoms with van der Waals surface area (Å²) >= 11 is 1.52. The maximum atomic E-state index is 4.57. The molecule has 6 heteroatoms. The van der Waals surface area contributed by atoms with Crippen molar-refractivity contribution in [2.24, 2.45) is 0 Å². The van der Waals surface area contributed by atoms with Crippen LogP contribution in [0, 0.1) is 13.8 Å². The fraction of sp³-hybridized carbons (Fsp3) is 0.143. The lowest BCUT2D eigenvalue weighted by Crippen LogP contribution is -1.90. The zero-order valence-corrected chi connectivity index (χ0v) is 12.0. The average molecular weight is 283 g/mol. The third-order valence-corrected chi connectivity index (χ3v) is 4.03. The van der Waals surface area contributed by atoms with Gasteiger partial charge in [-0.25, -0.2) is 9.97 Å². The Morgan fingerprint density at radius 2 is 2.05 bits per heavy atom. The van der Waals surface area contributed by atoms with Gasteiger partial charge in [-0.15, -0.1) is 0 Å². The van der Waals surface area contributed by atoms with Gasteiger partial charge in [-0.2, -0.15) is 5.10 Å². The van der Waals surface area contributed by atoms with E-state index >= 15 is 0 Å². The van der Waals surface area contributed by atoms with E-state index in [1.807, 2.05) is 32.0 Å². The Labute approximate surface area is 120 Å². The fourth-order valence-electron chi connectivity index (χ4n) is 1.85. The summed E-state index contributed by atoms with van der Waals surface area (Å²) in [5.74, 6) is 0. The van der Waals surface area contributed by atoms with Crippen molar-refractivity contribution in [2.75, 3.05) is 0 Å². The van der Waals surface area contributed by atoms with E-state index in [1.165, 1.54) is 11.8 Å². The lowest BCUT2D eigenvalue weighted by atomic mass is 10.2. The van der Waals surface area contributed by atoms with Gasteiger partial charge in [0.25, 0.3) is 0 Å². The predicted octanol–water partition coefficient (Wildman–Crippen LogP) is 3.03. The van der Waals surface area contributed by atoms with Gasteiger partial charge in [0.2, 0.25) is 0 Å². The predicted molar refractivity (Wildman–Crippen MR) is 77.4 cm³/mol. The Balaban J connectivity index is 1.93. The second kappa shape index (κ2) is 5.42. The van der Waals surface area contributed by atoms with Crippen molar-refractivity contribution in [3.63, 3.8) is 0 Å². The van der Waals surface area contributed by atoms with Crippen molar-refractivity contribution in [1.29, 1.82) is 0 Å². The average Bonchev–Trinajstić information content (AvgIpc) is 2.80. The minimum absolute atomic E-state index is 0.707. The van der Waals surface area contributed by atoms with Gasteiger partial charge in [-0.3, -0.25) is 10.1 Å². The Hall–Kier alpha value is -2.21. The topological polar surface area (TPSA) is 67.3 Å². The molecule has 3 aromatic rings. The van der Waals surface area contributed by atoms with E-state index in [1.54, 1.807) is 18.6 Å². The zero-order valence-electron chi connectivity index (χ0n) is 11.2. The molecule has 0 aromatic carbocycles. The van der Waals surface area contributed by atoms with Crippen molar-refractivity contribution in [3.8, 4) is 11.3 Å².